The lowest BCUT2D eigenvalue weighted by atomic mass is 9.97. The van der Waals surface area contributed by atoms with E-state index in [-0.39, 0.29) is 34.2 Å². The molecule has 2 aromatic carbocycles. The lowest BCUT2D eigenvalue weighted by molar-refractivity contribution is 0.100. The summed E-state index contributed by atoms with van der Waals surface area (Å²) in [6.07, 6.45) is 0.870. The summed E-state index contributed by atoms with van der Waals surface area (Å²) in [5, 5.41) is 22.5. The third-order valence-electron chi connectivity index (χ3n) is 5.22. The summed E-state index contributed by atoms with van der Waals surface area (Å²) >= 11 is 0. The highest BCUT2D eigenvalue weighted by Gasteiger charge is 2.22. The van der Waals surface area contributed by atoms with Gasteiger partial charge < -0.3 is 19.7 Å². The Balaban J connectivity index is 2.40. The highest BCUT2D eigenvalue weighted by Crippen LogP contribution is 2.39. The molecule has 6 nitrogen and oxygen atoms in total. The predicted octanol–water partition coefficient (Wildman–Crippen LogP) is 3.87. The molecule has 0 aliphatic heterocycles. The van der Waals surface area contributed by atoms with Crippen molar-refractivity contribution in [3.63, 3.8) is 0 Å². The van der Waals surface area contributed by atoms with Crippen LogP contribution in [-0.2, 0) is 6.54 Å². The number of aromatic hydroxyl groups is 2. The van der Waals surface area contributed by atoms with E-state index < -0.39 is 0 Å². The van der Waals surface area contributed by atoms with Crippen LogP contribution in [0.25, 0.3) is 21.8 Å². The number of aromatic nitrogens is 1. The number of ketones is 2. The summed E-state index contributed by atoms with van der Waals surface area (Å²) in [4.78, 5) is 26.1. The molecule has 0 fully saturated rings. The quantitative estimate of drug-likeness (QED) is 0.633. The lowest BCUT2D eigenvalue weighted by Crippen LogP contribution is -2.15. The minimum absolute atomic E-state index is 0.0508. The van der Waals surface area contributed by atoms with E-state index in [0.29, 0.717) is 12.1 Å². The van der Waals surface area contributed by atoms with Crippen molar-refractivity contribution in [2.24, 2.45) is 0 Å². The van der Waals surface area contributed by atoms with E-state index in [9.17, 15) is 19.8 Å². The Morgan fingerprint density at radius 1 is 1.00 bits per heavy atom. The van der Waals surface area contributed by atoms with Crippen LogP contribution in [-0.4, -0.2) is 51.9 Å². The smallest absolute Gasteiger partial charge is 0.163 e. The van der Waals surface area contributed by atoms with E-state index in [0.717, 1.165) is 34.8 Å². The number of phenolic OH excluding ortho intramolecular Hbond substituents is 2. The number of carbonyl (C=O) groups excluding carboxylic acids is 2. The van der Waals surface area contributed by atoms with E-state index in [1.54, 1.807) is 18.2 Å². The van der Waals surface area contributed by atoms with Crippen molar-refractivity contribution >= 4 is 33.4 Å². The molecule has 6 heteroatoms. The molecule has 0 unspecified atom stereocenters. The molecule has 2 N–H and O–H groups in total. The van der Waals surface area contributed by atoms with E-state index in [1.165, 1.54) is 13.8 Å². The van der Waals surface area contributed by atoms with Crippen LogP contribution < -0.4 is 0 Å². The maximum atomic E-state index is 12.1. The SMILES string of the molecule is CC(=O)c1cc2c3c(C)c(C(C)=O)c(O)cc3n(CCCN(C)C)c2cc1O. The Morgan fingerprint density at radius 3 is 2.21 bits per heavy atom. The zero-order chi connectivity index (χ0) is 20.7. The van der Waals surface area contributed by atoms with Crippen molar-refractivity contribution in [2.45, 2.75) is 33.7 Å². The van der Waals surface area contributed by atoms with Crippen molar-refractivity contribution in [3.05, 3.63) is 34.9 Å². The average molecular weight is 382 g/mol. The molecule has 0 saturated heterocycles. The minimum Gasteiger partial charge on any atom is -0.507 e. The van der Waals surface area contributed by atoms with Crippen molar-refractivity contribution in [3.8, 4) is 11.5 Å². The minimum atomic E-state index is -0.226. The molecule has 28 heavy (non-hydrogen) atoms. The summed E-state index contributed by atoms with van der Waals surface area (Å²) in [5.41, 5.74) is 2.78. The highest BCUT2D eigenvalue weighted by molar-refractivity contribution is 6.16. The summed E-state index contributed by atoms with van der Waals surface area (Å²) in [6, 6.07) is 4.90. The van der Waals surface area contributed by atoms with Crippen LogP contribution in [0, 0.1) is 6.92 Å². The van der Waals surface area contributed by atoms with Crippen LogP contribution in [0.5, 0.6) is 11.5 Å². The molecule has 0 aliphatic carbocycles. The Hall–Kier alpha value is -2.86. The second kappa shape index (κ2) is 7.28. The first-order valence-corrected chi connectivity index (χ1v) is 9.31. The number of fused-ring (bicyclic) bond motifs is 3. The van der Waals surface area contributed by atoms with Crippen molar-refractivity contribution in [1.29, 1.82) is 0 Å². The van der Waals surface area contributed by atoms with Gasteiger partial charge in [-0.1, -0.05) is 0 Å². The Labute approximate surface area is 164 Å². The molecule has 0 aliphatic rings. The van der Waals surface area contributed by atoms with Crippen molar-refractivity contribution in [1.82, 2.24) is 9.47 Å². The molecule has 0 saturated carbocycles. The molecule has 0 amide bonds. The second-order valence-corrected chi connectivity index (χ2v) is 7.60. The standard InChI is InChI=1S/C22H26N2O4/c1-12-21(14(3)26)20(28)11-18-22(12)16-9-15(13(2)25)19(27)10-17(16)24(18)8-6-7-23(4)5/h9-11,27-28H,6-8H2,1-5H3. The molecule has 1 aromatic heterocycles. The molecular formula is C22H26N2O4. The summed E-state index contributed by atoms with van der Waals surface area (Å²) in [6.45, 7) is 6.21. The zero-order valence-corrected chi connectivity index (χ0v) is 17.0. The van der Waals surface area contributed by atoms with Gasteiger partial charge in [0.05, 0.1) is 22.2 Å². The number of carbonyl (C=O) groups is 2. The Morgan fingerprint density at radius 2 is 1.64 bits per heavy atom. The van der Waals surface area contributed by atoms with Gasteiger partial charge in [0.15, 0.2) is 11.6 Å². The number of rotatable bonds is 6. The van der Waals surface area contributed by atoms with Gasteiger partial charge >= 0.3 is 0 Å². The number of Topliss-reactive ketones (excluding diaryl/α,β-unsaturated/α-hetero) is 2. The van der Waals surface area contributed by atoms with E-state index in [2.05, 4.69) is 4.90 Å². The van der Waals surface area contributed by atoms with Crippen LogP contribution in [0.15, 0.2) is 18.2 Å². The van der Waals surface area contributed by atoms with Crippen LogP contribution in [0.1, 0.15) is 46.5 Å². The first kappa shape index (κ1) is 19.9. The first-order chi connectivity index (χ1) is 13.1. The summed E-state index contributed by atoms with van der Waals surface area (Å²) in [7, 11) is 4.01. The summed E-state index contributed by atoms with van der Waals surface area (Å²) in [5.74, 6) is -0.553. The molecule has 3 aromatic rings. The number of nitrogens with zero attached hydrogens (tertiary/aromatic N) is 2. The van der Waals surface area contributed by atoms with Gasteiger partial charge in [-0.05, 0) is 59.5 Å². The molecule has 0 radical (unpaired) electrons. The fourth-order valence-corrected chi connectivity index (χ4v) is 3.98. The van der Waals surface area contributed by atoms with Gasteiger partial charge in [0.25, 0.3) is 0 Å². The topological polar surface area (TPSA) is 82.8 Å². The van der Waals surface area contributed by atoms with Crippen LogP contribution in [0.4, 0.5) is 0 Å². The molecule has 0 spiro atoms. The highest BCUT2D eigenvalue weighted by atomic mass is 16.3. The fraction of sp³-hybridized carbons (Fsp3) is 0.364. The van der Waals surface area contributed by atoms with Crippen molar-refractivity contribution in [2.75, 3.05) is 20.6 Å². The average Bonchev–Trinajstić information content (AvgIpc) is 2.86. The second-order valence-electron chi connectivity index (χ2n) is 7.60. The number of benzene rings is 2. The number of aryl methyl sites for hydroxylation is 2. The molecule has 0 atom stereocenters. The van der Waals surface area contributed by atoms with Crippen LogP contribution in [0.2, 0.25) is 0 Å². The van der Waals surface area contributed by atoms with E-state index in [4.69, 9.17) is 0 Å². The van der Waals surface area contributed by atoms with Gasteiger partial charge in [-0.15, -0.1) is 0 Å². The van der Waals surface area contributed by atoms with Gasteiger partial charge in [0.1, 0.15) is 11.5 Å². The maximum absolute atomic E-state index is 12.1. The number of phenols is 2. The van der Waals surface area contributed by atoms with Crippen LogP contribution in [0.3, 0.4) is 0 Å². The van der Waals surface area contributed by atoms with E-state index >= 15 is 0 Å². The predicted molar refractivity (Wildman–Crippen MR) is 111 cm³/mol. The molecule has 148 valence electrons. The van der Waals surface area contributed by atoms with Gasteiger partial charge in [-0.25, -0.2) is 0 Å². The molecular weight excluding hydrogens is 356 g/mol. The Kier molecular flexibility index (Phi) is 5.17. The molecule has 1 heterocycles. The summed E-state index contributed by atoms with van der Waals surface area (Å²) < 4.78 is 2.04. The normalized spacial score (nSPS) is 11.6. The van der Waals surface area contributed by atoms with Gasteiger partial charge in [0.2, 0.25) is 0 Å². The van der Waals surface area contributed by atoms with Gasteiger partial charge in [0, 0.05) is 29.4 Å². The largest absolute Gasteiger partial charge is 0.507 e. The Bertz CT molecular complexity index is 1110. The molecule has 0 bridgehead atoms. The maximum Gasteiger partial charge on any atom is 0.163 e. The van der Waals surface area contributed by atoms with Crippen LogP contribution >= 0.6 is 0 Å². The lowest BCUT2D eigenvalue weighted by Gasteiger charge is -2.13. The number of hydrogen-bond acceptors (Lipinski definition) is 5. The zero-order valence-electron chi connectivity index (χ0n) is 17.0. The first-order valence-electron chi connectivity index (χ1n) is 9.31. The van der Waals surface area contributed by atoms with Crippen molar-refractivity contribution < 1.29 is 19.8 Å². The monoisotopic (exact) mass is 382 g/mol. The van der Waals surface area contributed by atoms with Gasteiger partial charge in [-0.2, -0.15) is 0 Å². The third kappa shape index (κ3) is 3.24. The third-order valence-corrected chi connectivity index (χ3v) is 5.22. The molecule has 3 rings (SSSR count). The fourth-order valence-electron chi connectivity index (χ4n) is 3.98. The van der Waals surface area contributed by atoms with E-state index in [1.807, 2.05) is 25.6 Å². The van der Waals surface area contributed by atoms with Gasteiger partial charge in [-0.3, -0.25) is 9.59 Å². The number of hydrogen-bond donors (Lipinski definition) is 2.